The average molecular weight is 245 g/mol. The smallest absolute Gasteiger partial charge is 0.471 e. The number of nitrogens with zero attached hydrogens (tertiary/aromatic N) is 3. The van der Waals surface area contributed by atoms with E-state index in [1.54, 1.807) is 6.92 Å². The number of benzene rings is 1. The number of hydrogen-bond acceptors (Lipinski definition) is 3. The fourth-order valence-electron chi connectivity index (χ4n) is 1.59. The van der Waals surface area contributed by atoms with E-state index in [4.69, 9.17) is 10.5 Å². The van der Waals surface area contributed by atoms with Crippen molar-refractivity contribution >= 4 is 11.7 Å². The molecule has 0 aliphatic heterocycles. The second kappa shape index (κ2) is 4.18. The number of carbonyl (C=O) groups is 1. The van der Waals surface area contributed by atoms with Crippen molar-refractivity contribution in [3.63, 3.8) is 0 Å². The van der Waals surface area contributed by atoms with Crippen LogP contribution in [0.4, 0.5) is 5.69 Å². The Kier molecular flexibility index (Phi) is 2.69. The summed E-state index contributed by atoms with van der Waals surface area (Å²) in [5.41, 5.74) is 0.436. The molecule has 0 atom stereocenters. The Morgan fingerprint density at radius 2 is 2.00 bits per heavy atom. The molecule has 2 aromatic rings. The van der Waals surface area contributed by atoms with Crippen molar-refractivity contribution in [2.45, 2.75) is 6.92 Å². The van der Waals surface area contributed by atoms with Gasteiger partial charge in [-0.2, -0.15) is 0 Å². The fourth-order valence-corrected chi connectivity index (χ4v) is 1.59. The van der Waals surface area contributed by atoms with Crippen LogP contribution in [0.3, 0.4) is 0 Å². The van der Waals surface area contributed by atoms with Gasteiger partial charge in [0.1, 0.15) is 5.69 Å². The summed E-state index contributed by atoms with van der Waals surface area (Å²) in [6.07, 6.45) is 0. The van der Waals surface area contributed by atoms with E-state index in [9.17, 15) is 9.59 Å². The molecule has 0 bridgehead atoms. The van der Waals surface area contributed by atoms with E-state index in [1.165, 1.54) is 28.9 Å². The van der Waals surface area contributed by atoms with Crippen LogP contribution in [0.5, 0.6) is 0 Å². The van der Waals surface area contributed by atoms with Gasteiger partial charge in [0.25, 0.3) is 0 Å². The summed E-state index contributed by atoms with van der Waals surface area (Å²) in [6, 6.07) is 5.75. The molecule has 0 spiro atoms. The van der Waals surface area contributed by atoms with Gasteiger partial charge < -0.3 is 5.11 Å². The third-order valence-corrected chi connectivity index (χ3v) is 2.51. The lowest BCUT2D eigenvalue weighted by molar-refractivity contribution is 0.0697. The number of carboxylic acids is 1. The normalized spacial score (nSPS) is 10.0. The minimum atomic E-state index is -1.04. The summed E-state index contributed by atoms with van der Waals surface area (Å²) in [5, 5.41) is 20.2. The molecule has 0 saturated heterocycles. The van der Waals surface area contributed by atoms with Crippen molar-refractivity contribution in [2.24, 2.45) is 0 Å². The number of aromatic amines is 1. The molecule has 7 heteroatoms. The molecule has 2 N–H and O–H groups in total. The first-order valence-corrected chi connectivity index (χ1v) is 5.05. The molecule has 0 amide bonds. The lowest BCUT2D eigenvalue weighted by Crippen LogP contribution is -2.14. The van der Waals surface area contributed by atoms with E-state index in [0.717, 1.165) is 0 Å². The maximum absolute atomic E-state index is 11.8. The molecule has 18 heavy (non-hydrogen) atoms. The first-order valence-electron chi connectivity index (χ1n) is 5.05. The minimum absolute atomic E-state index is 0.0719. The van der Waals surface area contributed by atoms with Gasteiger partial charge >= 0.3 is 17.2 Å². The van der Waals surface area contributed by atoms with Gasteiger partial charge in [0.15, 0.2) is 4.98 Å². The van der Waals surface area contributed by atoms with Crippen molar-refractivity contribution < 1.29 is 9.90 Å². The lowest BCUT2D eigenvalue weighted by Gasteiger charge is -2.01. The van der Waals surface area contributed by atoms with Crippen LogP contribution in [0.2, 0.25) is 0 Å². The average Bonchev–Trinajstić information content (AvgIpc) is 2.64. The van der Waals surface area contributed by atoms with Crippen LogP contribution in [0, 0.1) is 12.3 Å². The predicted molar refractivity (Wildman–Crippen MR) is 62.8 cm³/mol. The molecular weight excluding hydrogens is 236 g/mol. The van der Waals surface area contributed by atoms with Crippen LogP contribution in [0.15, 0.2) is 29.1 Å². The maximum Gasteiger partial charge on any atom is 0.471 e. The molecule has 1 aromatic heterocycles. The SMILES string of the molecule is Cc1[nH]n(-c2ccc(C(=O)O)cc2)c(=O)c1[N+]#N. The van der Waals surface area contributed by atoms with E-state index in [2.05, 4.69) is 10.1 Å². The van der Waals surface area contributed by atoms with Crippen molar-refractivity contribution in [1.82, 2.24) is 9.78 Å². The maximum atomic E-state index is 11.8. The number of diazo groups is 1. The highest BCUT2D eigenvalue weighted by Crippen LogP contribution is 2.13. The molecule has 0 aliphatic rings. The van der Waals surface area contributed by atoms with Crippen LogP contribution in [0.1, 0.15) is 16.1 Å². The standard InChI is InChI=1S/C11H8N4O3/c1-6-9(13-12)10(16)15(14-6)8-4-2-7(3-5-8)11(17)18/h2-5H,1H3,(H-,14,16,17,18)/p+1. The third-order valence-electron chi connectivity index (χ3n) is 2.51. The first kappa shape index (κ1) is 11.6. The Balaban J connectivity index is 2.54. The van der Waals surface area contributed by atoms with Crippen LogP contribution >= 0.6 is 0 Å². The van der Waals surface area contributed by atoms with Gasteiger partial charge in [0.2, 0.25) is 5.39 Å². The molecule has 1 aromatic carbocycles. The number of nitrogens with one attached hydrogen (secondary N) is 1. The summed E-state index contributed by atoms with van der Waals surface area (Å²) in [5.74, 6) is -1.04. The van der Waals surface area contributed by atoms with E-state index < -0.39 is 11.5 Å². The van der Waals surface area contributed by atoms with Gasteiger partial charge in [-0.25, -0.2) is 9.48 Å². The van der Waals surface area contributed by atoms with Crippen LogP contribution in [-0.4, -0.2) is 20.9 Å². The summed E-state index contributed by atoms with van der Waals surface area (Å²) < 4.78 is 1.18. The summed E-state index contributed by atoms with van der Waals surface area (Å²) in [6.45, 7) is 1.60. The molecule has 1 heterocycles. The van der Waals surface area contributed by atoms with Crippen LogP contribution in [-0.2, 0) is 0 Å². The zero-order valence-corrected chi connectivity index (χ0v) is 9.41. The summed E-state index contributed by atoms with van der Waals surface area (Å²) >= 11 is 0. The number of aromatic nitrogens is 2. The van der Waals surface area contributed by atoms with E-state index >= 15 is 0 Å². The topological polar surface area (TPSA) is 103 Å². The lowest BCUT2D eigenvalue weighted by atomic mass is 10.2. The number of aryl methyl sites for hydroxylation is 1. The van der Waals surface area contributed by atoms with E-state index in [-0.39, 0.29) is 11.3 Å². The molecule has 0 aliphatic carbocycles. The zero-order chi connectivity index (χ0) is 13.3. The van der Waals surface area contributed by atoms with Crippen LogP contribution in [0.25, 0.3) is 10.7 Å². The predicted octanol–water partition coefficient (Wildman–Crippen LogP) is 1.66. The van der Waals surface area contributed by atoms with Gasteiger partial charge in [-0.05, 0) is 31.2 Å². The molecule has 2 rings (SSSR count). The highest BCUT2D eigenvalue weighted by Gasteiger charge is 2.22. The van der Waals surface area contributed by atoms with Crippen molar-refractivity contribution in [3.05, 3.63) is 50.9 Å². The quantitative estimate of drug-likeness (QED) is 0.785. The summed E-state index contributed by atoms with van der Waals surface area (Å²) in [7, 11) is 0. The minimum Gasteiger partial charge on any atom is -0.478 e. The number of H-pyrrole nitrogens is 1. The monoisotopic (exact) mass is 245 g/mol. The second-order valence-electron chi connectivity index (χ2n) is 3.68. The highest BCUT2D eigenvalue weighted by atomic mass is 16.4. The van der Waals surface area contributed by atoms with Crippen molar-refractivity contribution in [2.75, 3.05) is 0 Å². The van der Waals surface area contributed by atoms with Gasteiger partial charge in [0, 0.05) is 0 Å². The Bertz CT molecular complexity index is 703. The van der Waals surface area contributed by atoms with Gasteiger partial charge in [0.05, 0.1) is 11.3 Å². The van der Waals surface area contributed by atoms with Crippen molar-refractivity contribution in [1.29, 1.82) is 5.39 Å². The molecule has 0 unspecified atom stereocenters. The molecular formula is C11H9N4O3+. The Morgan fingerprint density at radius 3 is 2.44 bits per heavy atom. The fraction of sp³-hybridized carbons (Fsp3) is 0.0909. The second-order valence-corrected chi connectivity index (χ2v) is 3.68. The highest BCUT2D eigenvalue weighted by molar-refractivity contribution is 5.87. The molecule has 0 saturated carbocycles. The molecule has 0 fully saturated rings. The molecule has 90 valence electrons. The van der Waals surface area contributed by atoms with Crippen LogP contribution < -0.4 is 5.56 Å². The van der Waals surface area contributed by atoms with Gasteiger partial charge in [-0.15, -0.1) is 0 Å². The first-order chi connectivity index (χ1) is 8.54. The third kappa shape index (κ3) is 1.76. The van der Waals surface area contributed by atoms with E-state index in [0.29, 0.717) is 11.4 Å². The Morgan fingerprint density at radius 1 is 1.39 bits per heavy atom. The number of hydrogen-bond donors (Lipinski definition) is 2. The molecule has 0 radical (unpaired) electrons. The number of rotatable bonds is 2. The van der Waals surface area contributed by atoms with Gasteiger partial charge in [-0.1, -0.05) is 0 Å². The molecule has 7 nitrogen and oxygen atoms in total. The Hall–Kier alpha value is -2.88. The van der Waals surface area contributed by atoms with Crippen molar-refractivity contribution in [3.8, 4) is 5.69 Å². The van der Waals surface area contributed by atoms with E-state index in [1.807, 2.05) is 0 Å². The zero-order valence-electron chi connectivity index (χ0n) is 9.41. The largest absolute Gasteiger partial charge is 0.478 e. The van der Waals surface area contributed by atoms with Gasteiger partial charge in [-0.3, -0.25) is 9.89 Å². The number of aromatic carboxylic acids is 1. The number of carboxylic acid groups (broad SMARTS) is 1. The Labute approximate surface area is 101 Å². The summed E-state index contributed by atoms with van der Waals surface area (Å²) in [4.78, 5) is 25.4.